The van der Waals surface area contributed by atoms with E-state index in [4.69, 9.17) is 5.73 Å². The molecule has 0 aromatic rings. The Labute approximate surface area is 96.7 Å². The van der Waals surface area contributed by atoms with E-state index < -0.39 is 21.3 Å². The molecular formula is C10H20N2O3S. The molecule has 2 atom stereocenters. The van der Waals surface area contributed by atoms with Crippen LogP contribution in [-0.2, 0) is 14.6 Å². The van der Waals surface area contributed by atoms with Crippen LogP contribution in [0, 0.1) is 0 Å². The maximum Gasteiger partial charge on any atom is 0.238 e. The molecule has 1 fully saturated rings. The van der Waals surface area contributed by atoms with Crippen molar-refractivity contribution in [2.75, 3.05) is 11.5 Å². The van der Waals surface area contributed by atoms with Gasteiger partial charge in [-0.3, -0.25) is 10.1 Å². The highest BCUT2D eigenvalue weighted by molar-refractivity contribution is 7.91. The van der Waals surface area contributed by atoms with Gasteiger partial charge in [0.15, 0.2) is 9.84 Å². The van der Waals surface area contributed by atoms with Gasteiger partial charge in [-0.05, 0) is 26.2 Å². The van der Waals surface area contributed by atoms with Crippen LogP contribution in [0.15, 0.2) is 0 Å². The number of rotatable bonds is 4. The van der Waals surface area contributed by atoms with Crippen molar-refractivity contribution in [3.63, 3.8) is 0 Å². The fourth-order valence-corrected chi connectivity index (χ4v) is 3.92. The average molecular weight is 248 g/mol. The minimum Gasteiger partial charge on any atom is -0.368 e. The van der Waals surface area contributed by atoms with Crippen LogP contribution in [0.5, 0.6) is 0 Å². The van der Waals surface area contributed by atoms with Crippen LogP contribution in [0.2, 0.25) is 0 Å². The third-order valence-electron chi connectivity index (χ3n) is 3.13. The quantitative estimate of drug-likeness (QED) is 0.721. The van der Waals surface area contributed by atoms with Crippen molar-refractivity contribution in [3.05, 3.63) is 0 Å². The fourth-order valence-electron chi connectivity index (χ4n) is 2.07. The lowest BCUT2D eigenvalue weighted by Crippen LogP contribution is -2.63. The molecule has 6 heteroatoms. The van der Waals surface area contributed by atoms with Gasteiger partial charge in [-0.1, -0.05) is 6.92 Å². The van der Waals surface area contributed by atoms with Crippen LogP contribution in [0.1, 0.15) is 33.1 Å². The lowest BCUT2D eigenvalue weighted by Gasteiger charge is -2.37. The molecule has 16 heavy (non-hydrogen) atoms. The second-order valence-electron chi connectivity index (χ2n) is 4.60. The number of carbonyl (C=O) groups excluding carboxylic acids is 1. The maximum absolute atomic E-state index is 11.6. The smallest absolute Gasteiger partial charge is 0.238 e. The van der Waals surface area contributed by atoms with Crippen LogP contribution in [0.3, 0.4) is 0 Å². The van der Waals surface area contributed by atoms with Crippen LogP contribution in [-0.4, -0.2) is 37.4 Å². The summed E-state index contributed by atoms with van der Waals surface area (Å²) in [6, 6.07) is 0.0841. The first-order valence-electron chi connectivity index (χ1n) is 5.59. The molecule has 0 aromatic heterocycles. The zero-order chi connectivity index (χ0) is 12.4. The van der Waals surface area contributed by atoms with Crippen molar-refractivity contribution in [3.8, 4) is 0 Å². The molecule has 1 heterocycles. The van der Waals surface area contributed by atoms with E-state index in [2.05, 4.69) is 5.32 Å². The normalized spacial score (nSPS) is 30.9. The Morgan fingerprint density at radius 2 is 2.19 bits per heavy atom. The van der Waals surface area contributed by atoms with Crippen molar-refractivity contribution in [1.82, 2.24) is 5.32 Å². The highest BCUT2D eigenvalue weighted by atomic mass is 32.2. The van der Waals surface area contributed by atoms with E-state index in [0.717, 1.165) is 6.42 Å². The van der Waals surface area contributed by atoms with E-state index in [1.165, 1.54) is 0 Å². The maximum atomic E-state index is 11.6. The summed E-state index contributed by atoms with van der Waals surface area (Å²) < 4.78 is 23.2. The van der Waals surface area contributed by atoms with E-state index >= 15 is 0 Å². The Kier molecular flexibility index (Phi) is 3.96. The zero-order valence-electron chi connectivity index (χ0n) is 9.82. The Balaban J connectivity index is 2.93. The summed E-state index contributed by atoms with van der Waals surface area (Å²) in [6.07, 6.45) is 1.83. The van der Waals surface area contributed by atoms with Crippen molar-refractivity contribution in [2.45, 2.75) is 44.7 Å². The Morgan fingerprint density at radius 1 is 1.56 bits per heavy atom. The number of amides is 1. The molecule has 0 spiro atoms. The number of primary amides is 1. The van der Waals surface area contributed by atoms with Crippen LogP contribution >= 0.6 is 0 Å². The summed E-state index contributed by atoms with van der Waals surface area (Å²) >= 11 is 0. The molecule has 1 aliphatic rings. The molecule has 1 rings (SSSR count). The number of hydrogen-bond donors (Lipinski definition) is 2. The van der Waals surface area contributed by atoms with E-state index in [9.17, 15) is 13.2 Å². The van der Waals surface area contributed by atoms with Crippen molar-refractivity contribution in [1.29, 1.82) is 0 Å². The van der Waals surface area contributed by atoms with Gasteiger partial charge < -0.3 is 5.73 Å². The molecule has 0 radical (unpaired) electrons. The summed E-state index contributed by atoms with van der Waals surface area (Å²) in [5.74, 6) is -0.569. The number of nitrogens with one attached hydrogen (secondary N) is 1. The second-order valence-corrected chi connectivity index (χ2v) is 6.78. The van der Waals surface area contributed by atoms with Gasteiger partial charge in [-0.2, -0.15) is 0 Å². The SMILES string of the molecule is CCC(C)NC1(C(N)=O)CCCS(=O)(=O)C1. The highest BCUT2D eigenvalue weighted by Crippen LogP contribution is 2.23. The zero-order valence-corrected chi connectivity index (χ0v) is 10.6. The van der Waals surface area contributed by atoms with Gasteiger partial charge in [0, 0.05) is 6.04 Å². The molecule has 0 bridgehead atoms. The summed E-state index contributed by atoms with van der Waals surface area (Å²) in [5.41, 5.74) is 4.30. The Bertz CT molecular complexity index is 366. The second kappa shape index (κ2) is 4.71. The van der Waals surface area contributed by atoms with Gasteiger partial charge in [0.05, 0.1) is 11.5 Å². The molecule has 94 valence electrons. The van der Waals surface area contributed by atoms with Gasteiger partial charge in [-0.15, -0.1) is 0 Å². The van der Waals surface area contributed by atoms with Crippen molar-refractivity contribution >= 4 is 15.7 Å². The molecule has 3 N–H and O–H groups in total. The van der Waals surface area contributed by atoms with E-state index in [0.29, 0.717) is 12.8 Å². The average Bonchev–Trinajstić information content (AvgIpc) is 2.15. The Morgan fingerprint density at radius 3 is 2.62 bits per heavy atom. The summed E-state index contributed by atoms with van der Waals surface area (Å²) in [6.45, 7) is 3.90. The van der Waals surface area contributed by atoms with Crippen molar-refractivity contribution < 1.29 is 13.2 Å². The van der Waals surface area contributed by atoms with Gasteiger partial charge in [-0.25, -0.2) is 8.42 Å². The molecule has 1 amide bonds. The molecule has 0 saturated carbocycles. The van der Waals surface area contributed by atoms with Crippen LogP contribution in [0.4, 0.5) is 0 Å². The van der Waals surface area contributed by atoms with Crippen molar-refractivity contribution in [2.24, 2.45) is 5.73 Å². The standard InChI is InChI=1S/C10H20N2O3S/c1-3-8(2)12-10(9(11)13)5-4-6-16(14,15)7-10/h8,12H,3-7H2,1-2H3,(H2,11,13). The minimum atomic E-state index is -3.15. The molecular weight excluding hydrogens is 228 g/mol. The summed E-state index contributed by atoms with van der Waals surface area (Å²) in [7, 11) is -3.15. The van der Waals surface area contributed by atoms with Gasteiger partial charge >= 0.3 is 0 Å². The fraction of sp³-hybridized carbons (Fsp3) is 0.900. The number of hydrogen-bond acceptors (Lipinski definition) is 4. The number of carbonyl (C=O) groups is 1. The van der Waals surface area contributed by atoms with Gasteiger partial charge in [0.2, 0.25) is 5.91 Å². The first-order valence-corrected chi connectivity index (χ1v) is 7.41. The molecule has 5 nitrogen and oxygen atoms in total. The van der Waals surface area contributed by atoms with E-state index in [1.54, 1.807) is 0 Å². The molecule has 0 aliphatic carbocycles. The summed E-state index contributed by atoms with van der Waals surface area (Å²) in [4.78, 5) is 11.5. The first-order chi connectivity index (χ1) is 7.31. The molecule has 1 aliphatic heterocycles. The van der Waals surface area contributed by atoms with Crippen LogP contribution < -0.4 is 11.1 Å². The molecule has 2 unspecified atom stereocenters. The lowest BCUT2D eigenvalue weighted by atomic mass is 9.93. The number of sulfone groups is 1. The highest BCUT2D eigenvalue weighted by Gasteiger charge is 2.44. The third-order valence-corrected chi connectivity index (χ3v) is 4.98. The topological polar surface area (TPSA) is 89.3 Å². The number of nitrogens with two attached hydrogens (primary N) is 1. The monoisotopic (exact) mass is 248 g/mol. The third kappa shape index (κ3) is 2.95. The van der Waals surface area contributed by atoms with E-state index in [-0.39, 0.29) is 17.5 Å². The predicted octanol–water partition coefficient (Wildman–Crippen LogP) is -0.193. The largest absolute Gasteiger partial charge is 0.368 e. The first kappa shape index (κ1) is 13.4. The molecule has 0 aromatic carbocycles. The predicted molar refractivity (Wildman–Crippen MR) is 62.7 cm³/mol. The van der Waals surface area contributed by atoms with E-state index in [1.807, 2.05) is 13.8 Å². The summed E-state index contributed by atoms with van der Waals surface area (Å²) in [5, 5.41) is 3.08. The lowest BCUT2D eigenvalue weighted by molar-refractivity contribution is -0.124. The van der Waals surface area contributed by atoms with Crippen LogP contribution in [0.25, 0.3) is 0 Å². The molecule has 1 saturated heterocycles. The van der Waals surface area contributed by atoms with Gasteiger partial charge in [0.25, 0.3) is 0 Å². The minimum absolute atomic E-state index is 0.0841. The Hall–Kier alpha value is -0.620. The van der Waals surface area contributed by atoms with Gasteiger partial charge in [0.1, 0.15) is 5.54 Å².